The lowest BCUT2D eigenvalue weighted by atomic mass is 10.1. The minimum absolute atomic E-state index is 0.470. The van der Waals surface area contributed by atoms with Crippen LogP contribution in [0.4, 0.5) is 0 Å². The molecule has 6 rings (SSSR count). The summed E-state index contributed by atoms with van der Waals surface area (Å²) in [6.07, 6.45) is 0. The van der Waals surface area contributed by atoms with Crippen LogP contribution in [0.25, 0.3) is 54.2 Å². The largest absolute Gasteiger partial charge is 0.494 e. The molecule has 0 radical (unpaired) electrons. The van der Waals surface area contributed by atoms with Crippen molar-refractivity contribution in [1.29, 1.82) is 0 Å². The number of hydrogen-bond donors (Lipinski definition) is 0. The number of thiophene rings is 2. The lowest BCUT2D eigenvalue weighted by Gasteiger charge is -2.11. The zero-order valence-electron chi connectivity index (χ0n) is 17.2. The van der Waals surface area contributed by atoms with E-state index in [1.165, 1.54) is 0 Å². The van der Waals surface area contributed by atoms with Gasteiger partial charge in [-0.3, -0.25) is 0 Å². The zero-order valence-corrected chi connectivity index (χ0v) is 18.8. The van der Waals surface area contributed by atoms with Gasteiger partial charge in [-0.2, -0.15) is 0 Å². The average molecular weight is 457 g/mol. The fourth-order valence-electron chi connectivity index (χ4n) is 3.83. The van der Waals surface area contributed by atoms with Gasteiger partial charge in [0.2, 0.25) is 0 Å². The Hall–Kier alpha value is -3.62. The summed E-state index contributed by atoms with van der Waals surface area (Å²) in [5, 5.41) is 4.13. The van der Waals surface area contributed by atoms with Gasteiger partial charge in [0.05, 0.1) is 14.2 Å². The van der Waals surface area contributed by atoms with Gasteiger partial charge in [0.25, 0.3) is 0 Å². The number of fused-ring (bicyclic) bond motifs is 3. The topological polar surface area (TPSA) is 70.0 Å². The lowest BCUT2D eigenvalue weighted by molar-refractivity contribution is 0.409. The van der Waals surface area contributed by atoms with Crippen molar-refractivity contribution in [2.75, 3.05) is 14.2 Å². The first-order chi connectivity index (χ1) is 15.8. The number of aromatic nitrogens is 4. The van der Waals surface area contributed by atoms with Crippen LogP contribution in [0.2, 0.25) is 0 Å². The quantitative estimate of drug-likeness (QED) is 0.294. The van der Waals surface area contributed by atoms with Crippen LogP contribution < -0.4 is 9.47 Å². The second-order valence-electron chi connectivity index (χ2n) is 7.07. The molecular weight excluding hydrogens is 440 g/mol. The summed E-state index contributed by atoms with van der Waals surface area (Å²) in [6.45, 7) is 0. The molecule has 0 aliphatic rings. The summed E-state index contributed by atoms with van der Waals surface area (Å²) in [5.41, 5.74) is 5.81. The second-order valence-corrected chi connectivity index (χ2v) is 8.97. The second kappa shape index (κ2) is 7.51. The summed E-state index contributed by atoms with van der Waals surface area (Å²) in [7, 11) is 3.22. The molecule has 0 unspecified atom stereocenters. The van der Waals surface area contributed by atoms with Gasteiger partial charge in [0.15, 0.2) is 11.3 Å². The van der Waals surface area contributed by atoms with Gasteiger partial charge in [-0.15, -0.1) is 22.7 Å². The van der Waals surface area contributed by atoms with Gasteiger partial charge in [-0.05, 0) is 35.0 Å². The van der Waals surface area contributed by atoms with Crippen LogP contribution in [0.1, 0.15) is 0 Å². The van der Waals surface area contributed by atoms with Gasteiger partial charge in [-0.25, -0.2) is 19.9 Å². The van der Waals surface area contributed by atoms with E-state index in [-0.39, 0.29) is 0 Å². The normalized spacial score (nSPS) is 11.4. The van der Waals surface area contributed by atoms with Crippen molar-refractivity contribution in [3.8, 4) is 32.4 Å². The fourth-order valence-corrected chi connectivity index (χ4v) is 5.33. The van der Waals surface area contributed by atoms with Crippen molar-refractivity contribution in [3.05, 3.63) is 59.3 Å². The molecule has 8 heteroatoms. The number of ether oxygens (including phenoxy) is 2. The zero-order chi connectivity index (χ0) is 21.7. The van der Waals surface area contributed by atoms with Crippen molar-refractivity contribution in [3.63, 3.8) is 0 Å². The highest BCUT2D eigenvalue weighted by molar-refractivity contribution is 7.14. The molecule has 6 aromatic rings. The molecule has 0 spiro atoms. The smallest absolute Gasteiger partial charge is 0.199 e. The predicted octanol–water partition coefficient (Wildman–Crippen LogP) is 6.20. The van der Waals surface area contributed by atoms with Gasteiger partial charge < -0.3 is 9.47 Å². The van der Waals surface area contributed by atoms with Crippen LogP contribution in [0.5, 0.6) is 11.5 Å². The number of nitrogens with zero attached hydrogens (tertiary/aromatic N) is 4. The highest BCUT2D eigenvalue weighted by Gasteiger charge is 2.18. The molecule has 32 heavy (non-hydrogen) atoms. The number of rotatable bonds is 4. The Balaban J connectivity index is 1.74. The number of methoxy groups -OCH3 is 2. The van der Waals surface area contributed by atoms with Crippen molar-refractivity contribution in [1.82, 2.24) is 19.9 Å². The van der Waals surface area contributed by atoms with Crippen LogP contribution in [-0.4, -0.2) is 34.2 Å². The van der Waals surface area contributed by atoms with E-state index < -0.39 is 0 Å². The van der Waals surface area contributed by atoms with E-state index in [1.54, 1.807) is 36.9 Å². The van der Waals surface area contributed by atoms with Crippen molar-refractivity contribution >= 4 is 56.0 Å². The number of benzene rings is 2. The van der Waals surface area contributed by atoms with Crippen molar-refractivity contribution < 1.29 is 9.47 Å². The molecule has 0 amide bonds. The Labute approximate surface area is 191 Å². The number of hydrogen-bond acceptors (Lipinski definition) is 8. The molecule has 0 bridgehead atoms. The molecule has 0 saturated heterocycles. The summed E-state index contributed by atoms with van der Waals surface area (Å²) in [6, 6.07) is 16.1. The molecule has 0 saturated carbocycles. The van der Waals surface area contributed by atoms with Gasteiger partial charge in [-0.1, -0.05) is 24.3 Å². The Kier molecular flexibility index (Phi) is 4.48. The van der Waals surface area contributed by atoms with E-state index in [2.05, 4.69) is 35.0 Å². The van der Waals surface area contributed by atoms with E-state index in [4.69, 9.17) is 29.4 Å². The van der Waals surface area contributed by atoms with Crippen molar-refractivity contribution in [2.45, 2.75) is 0 Å². The van der Waals surface area contributed by atoms with Crippen molar-refractivity contribution in [2.24, 2.45) is 0 Å². The minimum Gasteiger partial charge on any atom is -0.494 e. The molecule has 4 heterocycles. The average Bonchev–Trinajstić information content (AvgIpc) is 3.55. The van der Waals surface area contributed by atoms with Crippen LogP contribution in [0.3, 0.4) is 0 Å². The molecule has 4 aromatic heterocycles. The Bertz CT molecular complexity index is 1480. The van der Waals surface area contributed by atoms with Gasteiger partial charge in [0.1, 0.15) is 33.6 Å². The van der Waals surface area contributed by atoms with Gasteiger partial charge in [0, 0.05) is 20.9 Å². The minimum atomic E-state index is 0.470. The summed E-state index contributed by atoms with van der Waals surface area (Å²) in [5.74, 6) is 1.23. The molecule has 0 fully saturated rings. The highest BCUT2D eigenvalue weighted by Crippen LogP contribution is 2.38. The maximum absolute atomic E-state index is 5.51. The maximum atomic E-state index is 5.51. The molecule has 0 aliphatic heterocycles. The molecule has 156 valence electrons. The highest BCUT2D eigenvalue weighted by atomic mass is 32.1. The predicted molar refractivity (Wildman–Crippen MR) is 130 cm³/mol. The van der Waals surface area contributed by atoms with E-state index in [0.717, 1.165) is 31.9 Å². The van der Waals surface area contributed by atoms with Crippen LogP contribution in [0.15, 0.2) is 59.3 Å². The maximum Gasteiger partial charge on any atom is 0.199 e. The monoisotopic (exact) mass is 456 g/mol. The Morgan fingerprint density at radius 3 is 1.38 bits per heavy atom. The van der Waals surface area contributed by atoms with Crippen LogP contribution in [-0.2, 0) is 0 Å². The SMILES string of the molecule is COc1ccc(OC)c2nc3nc4c(-c5cccs5)ccc(-c5cccs5)c4nc3nc12. The van der Waals surface area contributed by atoms with E-state index in [1.807, 2.05) is 24.3 Å². The first-order valence-electron chi connectivity index (χ1n) is 9.88. The molecule has 0 aliphatic carbocycles. The molecule has 0 atom stereocenters. The molecule has 6 nitrogen and oxygen atoms in total. The molecular formula is C24H16N4O2S2. The third-order valence-corrected chi connectivity index (χ3v) is 7.12. The molecule has 0 N–H and O–H groups in total. The third kappa shape index (κ3) is 2.91. The lowest BCUT2D eigenvalue weighted by Crippen LogP contribution is -1.99. The van der Waals surface area contributed by atoms with E-state index in [9.17, 15) is 0 Å². The first kappa shape index (κ1) is 19.1. The standard InChI is InChI=1S/C24H16N4O2S2/c1-29-15-9-10-16(30-2)22-21(15)27-23-24(28-22)26-20-14(18-6-4-12-32-18)8-7-13(19(20)25-23)17-5-3-11-31-17/h3-12H,1-2H3. The summed E-state index contributed by atoms with van der Waals surface area (Å²) in [4.78, 5) is 21.8. The summed E-state index contributed by atoms with van der Waals surface area (Å²) >= 11 is 3.35. The van der Waals surface area contributed by atoms with E-state index in [0.29, 0.717) is 33.8 Å². The van der Waals surface area contributed by atoms with E-state index >= 15 is 0 Å². The van der Waals surface area contributed by atoms with Crippen LogP contribution >= 0.6 is 22.7 Å². The fraction of sp³-hybridized carbons (Fsp3) is 0.0833. The molecule has 2 aromatic carbocycles. The first-order valence-corrected chi connectivity index (χ1v) is 11.6. The Morgan fingerprint density at radius 1 is 0.562 bits per heavy atom. The van der Waals surface area contributed by atoms with Gasteiger partial charge >= 0.3 is 0 Å². The Morgan fingerprint density at radius 2 is 1.00 bits per heavy atom. The van der Waals surface area contributed by atoms with Crippen LogP contribution in [0, 0.1) is 0 Å². The third-order valence-electron chi connectivity index (χ3n) is 5.31. The summed E-state index contributed by atoms with van der Waals surface area (Å²) < 4.78 is 11.0.